The molecule has 1 aromatic rings. The number of rotatable bonds is 3. The summed E-state index contributed by atoms with van der Waals surface area (Å²) in [6.07, 6.45) is 4.59. The average Bonchev–Trinajstić information content (AvgIpc) is 2.43. The molecular weight excluding hydrogens is 197 g/mol. The van der Waals surface area contributed by atoms with E-state index in [9.17, 15) is 0 Å². The van der Waals surface area contributed by atoms with E-state index in [4.69, 9.17) is 5.73 Å². The molecule has 1 rings (SSSR count). The Morgan fingerprint density at radius 2 is 2.25 bits per heavy atom. The minimum atomic E-state index is 0. The zero-order valence-electron chi connectivity index (χ0n) is 6.99. The summed E-state index contributed by atoms with van der Waals surface area (Å²) in [5, 5.41) is 0. The lowest BCUT2D eigenvalue weighted by atomic mass is 10.0. The molecule has 0 aromatic carbocycles. The van der Waals surface area contributed by atoms with Crippen molar-refractivity contribution in [3.63, 3.8) is 0 Å². The van der Waals surface area contributed by atoms with Gasteiger partial charge in [-0.15, -0.1) is 24.8 Å². The van der Waals surface area contributed by atoms with Crippen molar-refractivity contribution >= 4 is 24.8 Å². The highest BCUT2D eigenvalue weighted by Crippen LogP contribution is 2.13. The highest BCUT2D eigenvalue weighted by Gasteiger charge is 2.06. The van der Waals surface area contributed by atoms with Crippen LogP contribution in [0.2, 0.25) is 0 Å². The van der Waals surface area contributed by atoms with Crippen LogP contribution in [0.15, 0.2) is 12.5 Å². The third-order valence-electron chi connectivity index (χ3n) is 1.74. The highest BCUT2D eigenvalue weighted by molar-refractivity contribution is 5.85. The van der Waals surface area contributed by atoms with Crippen LogP contribution in [0.1, 0.15) is 25.0 Å². The molecule has 72 valence electrons. The van der Waals surface area contributed by atoms with E-state index in [1.165, 1.54) is 0 Å². The van der Waals surface area contributed by atoms with Crippen LogP contribution in [0.25, 0.3) is 0 Å². The average molecular weight is 212 g/mol. The molecule has 0 spiro atoms. The summed E-state index contributed by atoms with van der Waals surface area (Å²) in [5.41, 5.74) is 6.67. The predicted octanol–water partition coefficient (Wildman–Crippen LogP) is 1.71. The number of H-pyrrole nitrogens is 1. The quantitative estimate of drug-likeness (QED) is 0.801. The summed E-state index contributed by atoms with van der Waals surface area (Å²) in [6, 6.07) is 0. The second-order valence-corrected chi connectivity index (χ2v) is 2.35. The van der Waals surface area contributed by atoms with Crippen LogP contribution in [0.3, 0.4) is 0 Å². The monoisotopic (exact) mass is 211 g/mol. The Hall–Kier alpha value is -0.250. The molecule has 1 aromatic heterocycles. The minimum Gasteiger partial charge on any atom is -0.348 e. The van der Waals surface area contributed by atoms with E-state index in [0.717, 1.165) is 12.1 Å². The van der Waals surface area contributed by atoms with Crippen LogP contribution in [-0.4, -0.2) is 16.5 Å². The lowest BCUT2D eigenvalue weighted by Gasteiger charge is -2.07. The first-order valence-corrected chi connectivity index (χ1v) is 3.56. The van der Waals surface area contributed by atoms with Gasteiger partial charge in [-0.2, -0.15) is 0 Å². The maximum absolute atomic E-state index is 5.53. The zero-order valence-corrected chi connectivity index (χ0v) is 8.62. The summed E-state index contributed by atoms with van der Waals surface area (Å²) >= 11 is 0. The first kappa shape index (κ1) is 14.3. The summed E-state index contributed by atoms with van der Waals surface area (Å²) < 4.78 is 0. The van der Waals surface area contributed by atoms with Gasteiger partial charge in [0.05, 0.1) is 6.33 Å². The first-order valence-electron chi connectivity index (χ1n) is 3.56. The number of aromatic nitrogens is 2. The van der Waals surface area contributed by atoms with Crippen LogP contribution in [0.4, 0.5) is 0 Å². The summed E-state index contributed by atoms with van der Waals surface area (Å²) in [4.78, 5) is 6.98. The molecular formula is C7H15Cl2N3. The summed E-state index contributed by atoms with van der Waals surface area (Å²) in [6.45, 7) is 2.82. The normalized spacial score (nSPS) is 11.2. The van der Waals surface area contributed by atoms with Crippen molar-refractivity contribution in [2.75, 3.05) is 6.54 Å². The third-order valence-corrected chi connectivity index (χ3v) is 1.74. The number of halogens is 2. The van der Waals surface area contributed by atoms with Gasteiger partial charge < -0.3 is 10.7 Å². The fourth-order valence-electron chi connectivity index (χ4n) is 1.00. The van der Waals surface area contributed by atoms with Gasteiger partial charge in [0.25, 0.3) is 0 Å². The third kappa shape index (κ3) is 3.43. The smallest absolute Gasteiger partial charge is 0.0921 e. The Bertz CT molecular complexity index is 173. The van der Waals surface area contributed by atoms with Crippen LogP contribution in [0, 0.1) is 0 Å². The molecule has 0 amide bonds. The van der Waals surface area contributed by atoms with Crippen LogP contribution >= 0.6 is 24.8 Å². The first-order chi connectivity index (χ1) is 4.88. The van der Waals surface area contributed by atoms with E-state index in [-0.39, 0.29) is 24.8 Å². The highest BCUT2D eigenvalue weighted by atomic mass is 35.5. The molecule has 1 unspecified atom stereocenters. The predicted molar refractivity (Wildman–Crippen MR) is 55.2 cm³/mol. The van der Waals surface area contributed by atoms with Crippen molar-refractivity contribution in [3.05, 3.63) is 18.2 Å². The topological polar surface area (TPSA) is 54.7 Å². The molecule has 0 bridgehead atoms. The largest absolute Gasteiger partial charge is 0.348 e. The molecule has 0 fully saturated rings. The van der Waals surface area contributed by atoms with E-state index >= 15 is 0 Å². The number of hydrogen-bond acceptors (Lipinski definition) is 2. The molecule has 12 heavy (non-hydrogen) atoms. The Kier molecular flexibility index (Phi) is 8.81. The number of nitrogens with one attached hydrogen (secondary N) is 1. The van der Waals surface area contributed by atoms with E-state index in [1.54, 1.807) is 6.33 Å². The van der Waals surface area contributed by atoms with Gasteiger partial charge in [-0.25, -0.2) is 4.98 Å². The molecule has 1 atom stereocenters. The maximum Gasteiger partial charge on any atom is 0.0921 e. The van der Waals surface area contributed by atoms with E-state index in [1.807, 2.05) is 6.20 Å². The molecule has 0 saturated carbocycles. The number of imidazole rings is 1. The number of nitrogens with zero attached hydrogens (tertiary/aromatic N) is 1. The molecule has 0 saturated heterocycles. The van der Waals surface area contributed by atoms with Gasteiger partial charge in [0, 0.05) is 24.4 Å². The maximum atomic E-state index is 5.53. The summed E-state index contributed by atoms with van der Waals surface area (Å²) in [7, 11) is 0. The molecule has 0 aliphatic rings. The Balaban J connectivity index is 0. The number of nitrogens with two attached hydrogens (primary N) is 1. The fraction of sp³-hybridized carbons (Fsp3) is 0.571. The number of aromatic amines is 1. The fourth-order valence-corrected chi connectivity index (χ4v) is 1.00. The van der Waals surface area contributed by atoms with Crippen molar-refractivity contribution in [2.45, 2.75) is 19.3 Å². The van der Waals surface area contributed by atoms with Crippen LogP contribution in [-0.2, 0) is 0 Å². The second kappa shape index (κ2) is 7.40. The van der Waals surface area contributed by atoms with Crippen molar-refractivity contribution in [1.82, 2.24) is 9.97 Å². The minimum absolute atomic E-state index is 0. The molecule has 0 aliphatic heterocycles. The SMILES string of the molecule is CCC(CN)c1cnc[nH]1.Cl.Cl. The van der Waals surface area contributed by atoms with Crippen molar-refractivity contribution < 1.29 is 0 Å². The van der Waals surface area contributed by atoms with E-state index < -0.39 is 0 Å². The van der Waals surface area contributed by atoms with Crippen LogP contribution in [0.5, 0.6) is 0 Å². The lowest BCUT2D eigenvalue weighted by molar-refractivity contribution is 0.658. The van der Waals surface area contributed by atoms with Crippen molar-refractivity contribution in [2.24, 2.45) is 5.73 Å². The van der Waals surface area contributed by atoms with Gasteiger partial charge in [0.1, 0.15) is 0 Å². The van der Waals surface area contributed by atoms with Crippen molar-refractivity contribution in [3.8, 4) is 0 Å². The molecule has 0 aliphatic carbocycles. The number of hydrogen-bond donors (Lipinski definition) is 2. The van der Waals surface area contributed by atoms with Crippen molar-refractivity contribution in [1.29, 1.82) is 0 Å². The Labute approximate surface area is 85.0 Å². The summed E-state index contributed by atoms with van der Waals surface area (Å²) in [5.74, 6) is 0.447. The van der Waals surface area contributed by atoms with E-state index in [2.05, 4.69) is 16.9 Å². The molecule has 5 heteroatoms. The van der Waals surface area contributed by atoms with Gasteiger partial charge in [-0.3, -0.25) is 0 Å². The lowest BCUT2D eigenvalue weighted by Crippen LogP contribution is -2.11. The second-order valence-electron chi connectivity index (χ2n) is 2.35. The molecule has 0 radical (unpaired) electrons. The van der Waals surface area contributed by atoms with Gasteiger partial charge in [0.15, 0.2) is 0 Å². The van der Waals surface area contributed by atoms with Gasteiger partial charge in [0.2, 0.25) is 0 Å². The zero-order chi connectivity index (χ0) is 7.40. The Morgan fingerprint density at radius 3 is 2.58 bits per heavy atom. The standard InChI is InChI=1S/C7H13N3.2ClH/c1-2-6(3-8)7-4-9-5-10-7;;/h4-6H,2-3,8H2,1H3,(H,9,10);2*1H. The van der Waals surface area contributed by atoms with Gasteiger partial charge >= 0.3 is 0 Å². The van der Waals surface area contributed by atoms with Gasteiger partial charge in [-0.1, -0.05) is 6.92 Å². The van der Waals surface area contributed by atoms with E-state index in [0.29, 0.717) is 12.5 Å². The molecule has 3 N–H and O–H groups in total. The molecule has 3 nitrogen and oxygen atoms in total. The Morgan fingerprint density at radius 1 is 1.58 bits per heavy atom. The van der Waals surface area contributed by atoms with Gasteiger partial charge in [-0.05, 0) is 6.42 Å². The molecule has 1 heterocycles. The van der Waals surface area contributed by atoms with Crippen LogP contribution < -0.4 is 5.73 Å².